The maximum Gasteiger partial charge on any atom is 0.237 e. The van der Waals surface area contributed by atoms with Crippen LogP contribution < -0.4 is 11.1 Å². The van der Waals surface area contributed by atoms with Gasteiger partial charge in [-0.25, -0.2) is 0 Å². The molecule has 0 spiro atoms. The Morgan fingerprint density at radius 3 is 1.56 bits per heavy atom. The van der Waals surface area contributed by atoms with Crippen molar-refractivity contribution in [1.82, 2.24) is 5.32 Å². The van der Waals surface area contributed by atoms with Crippen LogP contribution in [-0.4, -0.2) is 18.0 Å². The van der Waals surface area contributed by atoms with E-state index in [1.54, 1.807) is 0 Å². The van der Waals surface area contributed by atoms with Crippen molar-refractivity contribution in [2.75, 3.05) is 6.54 Å². The van der Waals surface area contributed by atoms with E-state index in [0.29, 0.717) is 0 Å². The molecule has 1 amide bonds. The molecule has 0 saturated heterocycles. The van der Waals surface area contributed by atoms with Gasteiger partial charge in [0.1, 0.15) is 0 Å². The van der Waals surface area contributed by atoms with Crippen molar-refractivity contribution in [2.45, 2.75) is 161 Å². The van der Waals surface area contributed by atoms with E-state index in [4.69, 9.17) is 5.73 Å². The molecular weight excluding hydrogens is 392 g/mol. The summed E-state index contributed by atoms with van der Waals surface area (Å²) in [7, 11) is 0. The topological polar surface area (TPSA) is 55.1 Å². The van der Waals surface area contributed by atoms with Gasteiger partial charge < -0.3 is 11.1 Å². The number of unbranched alkanes of at least 4 members (excludes halogenated alkanes) is 16. The Hall–Kier alpha value is -0.830. The summed E-state index contributed by atoms with van der Waals surface area (Å²) in [5.41, 5.74) is 5.28. The lowest BCUT2D eigenvalue weighted by atomic mass is 9.88. The van der Waals surface area contributed by atoms with Crippen LogP contribution in [0.1, 0.15) is 156 Å². The molecule has 0 aliphatic rings. The highest BCUT2D eigenvalue weighted by molar-refractivity contribution is 5.84. The van der Waals surface area contributed by atoms with Crippen molar-refractivity contribution in [3.8, 4) is 0 Å². The second-order valence-electron chi connectivity index (χ2n) is 9.83. The molecule has 3 N–H and O–H groups in total. The van der Waals surface area contributed by atoms with Crippen molar-refractivity contribution >= 4 is 5.91 Å². The maximum absolute atomic E-state index is 12.1. The molecule has 3 nitrogen and oxygen atoms in total. The molecule has 1 unspecified atom stereocenters. The molecule has 0 aromatic rings. The average Bonchev–Trinajstić information content (AvgIpc) is 2.79. The highest BCUT2D eigenvalue weighted by atomic mass is 16.1. The van der Waals surface area contributed by atoms with Crippen molar-refractivity contribution in [3.63, 3.8) is 0 Å². The first-order valence-electron chi connectivity index (χ1n) is 14.3. The normalized spacial score (nSPS) is 13.6. The minimum Gasteiger partial charge on any atom is -0.368 e. The lowest BCUT2D eigenvalue weighted by molar-refractivity contribution is -0.125. The SMILES string of the molecule is CCCCCCCC/C=C\CCCCCCCCCCC(CC)(NCCCCC)C(N)=O. The van der Waals surface area contributed by atoms with Gasteiger partial charge in [0.2, 0.25) is 5.91 Å². The van der Waals surface area contributed by atoms with Gasteiger partial charge in [0.15, 0.2) is 0 Å². The largest absolute Gasteiger partial charge is 0.368 e. The number of carbonyl (C=O) groups is 1. The molecule has 0 aromatic heterocycles. The molecule has 0 heterocycles. The molecule has 32 heavy (non-hydrogen) atoms. The molecule has 1 atom stereocenters. The summed E-state index contributed by atoms with van der Waals surface area (Å²) in [4.78, 5) is 12.1. The number of amides is 1. The number of allylic oxidation sites excluding steroid dienone is 2. The van der Waals surface area contributed by atoms with Gasteiger partial charge in [0.25, 0.3) is 0 Å². The van der Waals surface area contributed by atoms with Crippen molar-refractivity contribution in [1.29, 1.82) is 0 Å². The third kappa shape index (κ3) is 17.7. The van der Waals surface area contributed by atoms with E-state index in [-0.39, 0.29) is 5.91 Å². The minimum absolute atomic E-state index is 0.169. The molecule has 0 fully saturated rings. The van der Waals surface area contributed by atoms with E-state index < -0.39 is 5.54 Å². The Morgan fingerprint density at radius 2 is 1.09 bits per heavy atom. The Balaban J connectivity index is 3.59. The van der Waals surface area contributed by atoms with Gasteiger partial charge in [-0.3, -0.25) is 4.79 Å². The summed E-state index contributed by atoms with van der Waals surface area (Å²) in [6, 6.07) is 0. The molecule has 0 bridgehead atoms. The third-order valence-electron chi connectivity index (χ3n) is 6.93. The van der Waals surface area contributed by atoms with Gasteiger partial charge in [-0.15, -0.1) is 0 Å². The van der Waals surface area contributed by atoms with Gasteiger partial charge in [0, 0.05) is 0 Å². The number of hydrogen-bond acceptors (Lipinski definition) is 2. The lowest BCUT2D eigenvalue weighted by Crippen LogP contribution is -2.55. The fourth-order valence-corrected chi connectivity index (χ4v) is 4.51. The monoisotopic (exact) mass is 450 g/mol. The molecule has 3 heteroatoms. The molecule has 0 radical (unpaired) electrons. The Kier molecular flexibility index (Phi) is 22.7. The number of hydrogen-bond donors (Lipinski definition) is 2. The zero-order valence-corrected chi connectivity index (χ0v) is 22.2. The average molecular weight is 451 g/mol. The van der Waals surface area contributed by atoms with Crippen molar-refractivity contribution < 1.29 is 4.79 Å². The van der Waals surface area contributed by atoms with Gasteiger partial charge in [0.05, 0.1) is 5.54 Å². The number of carbonyl (C=O) groups excluding carboxylic acids is 1. The molecular formula is C29H58N2O. The summed E-state index contributed by atoms with van der Waals surface area (Å²) < 4.78 is 0. The second kappa shape index (κ2) is 23.3. The Morgan fingerprint density at radius 1 is 0.656 bits per heavy atom. The fourth-order valence-electron chi connectivity index (χ4n) is 4.51. The summed E-state index contributed by atoms with van der Waals surface area (Å²) >= 11 is 0. The summed E-state index contributed by atoms with van der Waals surface area (Å²) in [5.74, 6) is -0.169. The maximum atomic E-state index is 12.1. The van der Waals surface area contributed by atoms with Crippen LogP contribution >= 0.6 is 0 Å². The Bertz CT molecular complexity index is 435. The molecule has 0 rings (SSSR count). The molecule has 0 aliphatic carbocycles. The number of nitrogens with one attached hydrogen (secondary N) is 1. The molecule has 0 aromatic carbocycles. The number of nitrogens with two attached hydrogens (primary N) is 1. The van der Waals surface area contributed by atoms with Crippen LogP contribution in [0.4, 0.5) is 0 Å². The highest BCUT2D eigenvalue weighted by Crippen LogP contribution is 2.20. The van der Waals surface area contributed by atoms with E-state index in [0.717, 1.165) is 32.2 Å². The van der Waals surface area contributed by atoms with E-state index in [1.165, 1.54) is 109 Å². The van der Waals surface area contributed by atoms with E-state index in [2.05, 4.69) is 38.2 Å². The smallest absolute Gasteiger partial charge is 0.237 e. The van der Waals surface area contributed by atoms with Gasteiger partial charge in [-0.1, -0.05) is 123 Å². The summed E-state index contributed by atoms with van der Waals surface area (Å²) in [5, 5.41) is 3.49. The van der Waals surface area contributed by atoms with Crippen LogP contribution in [0.15, 0.2) is 12.2 Å². The van der Waals surface area contributed by atoms with Crippen LogP contribution in [0.2, 0.25) is 0 Å². The highest BCUT2D eigenvalue weighted by Gasteiger charge is 2.33. The third-order valence-corrected chi connectivity index (χ3v) is 6.93. The van der Waals surface area contributed by atoms with Crippen molar-refractivity contribution in [2.24, 2.45) is 5.73 Å². The van der Waals surface area contributed by atoms with E-state index >= 15 is 0 Å². The van der Waals surface area contributed by atoms with Gasteiger partial charge in [-0.2, -0.15) is 0 Å². The predicted octanol–water partition coefficient (Wildman–Crippen LogP) is 8.61. The Labute approximate surface area is 201 Å². The fraction of sp³-hybridized carbons (Fsp3) is 0.897. The van der Waals surface area contributed by atoms with Crippen LogP contribution in [0.5, 0.6) is 0 Å². The van der Waals surface area contributed by atoms with Crippen LogP contribution in [-0.2, 0) is 4.79 Å². The molecule has 0 aliphatic heterocycles. The lowest BCUT2D eigenvalue weighted by Gasteiger charge is -2.31. The first-order chi connectivity index (χ1) is 15.6. The summed E-state index contributed by atoms with van der Waals surface area (Å²) in [6.07, 6.45) is 31.3. The first kappa shape index (κ1) is 31.2. The van der Waals surface area contributed by atoms with Crippen LogP contribution in [0.25, 0.3) is 0 Å². The number of rotatable bonds is 25. The van der Waals surface area contributed by atoms with Gasteiger partial charge in [-0.05, 0) is 51.5 Å². The number of primary amides is 1. The van der Waals surface area contributed by atoms with Crippen LogP contribution in [0, 0.1) is 0 Å². The quantitative estimate of drug-likeness (QED) is 0.108. The van der Waals surface area contributed by atoms with Crippen molar-refractivity contribution in [3.05, 3.63) is 12.2 Å². The zero-order valence-electron chi connectivity index (χ0n) is 22.2. The van der Waals surface area contributed by atoms with Crippen LogP contribution in [0.3, 0.4) is 0 Å². The van der Waals surface area contributed by atoms with Gasteiger partial charge >= 0.3 is 0 Å². The zero-order chi connectivity index (χ0) is 23.8. The predicted molar refractivity (Wildman–Crippen MR) is 143 cm³/mol. The van der Waals surface area contributed by atoms with E-state index in [1.807, 2.05) is 0 Å². The summed E-state index contributed by atoms with van der Waals surface area (Å²) in [6.45, 7) is 7.47. The molecule has 0 saturated carbocycles. The first-order valence-corrected chi connectivity index (χ1v) is 14.3. The second-order valence-corrected chi connectivity index (χ2v) is 9.83. The molecule has 190 valence electrons. The minimum atomic E-state index is -0.490. The standard InChI is InChI=1S/C29H58N2O/c1-4-7-9-10-11-12-13-14-15-16-17-18-19-20-21-22-23-24-26-29(6-3,28(30)32)31-27-25-8-5-2/h14-15,31H,4-13,16-27H2,1-3H3,(H2,30,32)/b15-14-. The van der Waals surface area contributed by atoms with E-state index in [9.17, 15) is 4.79 Å².